The van der Waals surface area contributed by atoms with Gasteiger partial charge in [-0.3, -0.25) is 0 Å². The van der Waals surface area contributed by atoms with Crippen LogP contribution in [0.25, 0.3) is 6.08 Å². The number of hydrogen-bond donors (Lipinski definition) is 1. The van der Waals surface area contributed by atoms with Gasteiger partial charge in [0, 0.05) is 10.5 Å². The van der Waals surface area contributed by atoms with Crippen LogP contribution in [-0.2, 0) is 0 Å². The highest BCUT2D eigenvalue weighted by Gasteiger charge is 1.96. The van der Waals surface area contributed by atoms with Crippen molar-refractivity contribution in [2.75, 3.05) is 0 Å². The molecule has 1 aromatic carbocycles. The molecular formula is C10H11BrClN. The first-order chi connectivity index (χ1) is 6.09. The largest absolute Gasteiger partial charge is 0.325 e. The van der Waals surface area contributed by atoms with Crippen molar-refractivity contribution in [1.29, 1.82) is 0 Å². The fraction of sp³-hybridized carbons (Fsp3) is 0.200. The van der Waals surface area contributed by atoms with Crippen molar-refractivity contribution in [2.45, 2.75) is 13.0 Å². The van der Waals surface area contributed by atoms with Crippen LogP contribution in [-0.4, -0.2) is 6.04 Å². The van der Waals surface area contributed by atoms with E-state index in [0.717, 1.165) is 15.1 Å². The number of benzene rings is 1. The Morgan fingerprint density at radius 1 is 1.54 bits per heavy atom. The van der Waals surface area contributed by atoms with E-state index < -0.39 is 0 Å². The predicted octanol–water partition coefficient (Wildman–Crippen LogP) is 3.46. The zero-order chi connectivity index (χ0) is 9.84. The highest BCUT2D eigenvalue weighted by Crippen LogP contribution is 2.23. The quantitative estimate of drug-likeness (QED) is 0.866. The zero-order valence-electron chi connectivity index (χ0n) is 7.30. The van der Waals surface area contributed by atoms with Crippen molar-refractivity contribution in [3.8, 4) is 0 Å². The van der Waals surface area contributed by atoms with Crippen molar-refractivity contribution in [3.63, 3.8) is 0 Å². The minimum absolute atomic E-state index is 0.0782. The number of halogens is 2. The van der Waals surface area contributed by atoms with Crippen LogP contribution in [0.5, 0.6) is 0 Å². The summed E-state index contributed by atoms with van der Waals surface area (Å²) in [5.74, 6) is 0. The van der Waals surface area contributed by atoms with Crippen LogP contribution >= 0.6 is 27.5 Å². The van der Waals surface area contributed by atoms with Crippen molar-refractivity contribution >= 4 is 33.6 Å². The third-order valence-electron chi connectivity index (χ3n) is 1.54. The molecule has 0 aliphatic rings. The first-order valence-electron chi connectivity index (χ1n) is 3.98. The molecule has 3 heteroatoms. The molecule has 0 spiro atoms. The van der Waals surface area contributed by atoms with Crippen LogP contribution in [0, 0.1) is 0 Å². The average Bonchev–Trinajstić information content (AvgIpc) is 2.07. The molecule has 13 heavy (non-hydrogen) atoms. The van der Waals surface area contributed by atoms with Gasteiger partial charge in [0.1, 0.15) is 0 Å². The van der Waals surface area contributed by atoms with Gasteiger partial charge in [-0.25, -0.2) is 0 Å². The SMILES string of the molecule is CC(N)/C=C/c1ccc(Cl)c(Br)c1. The number of hydrogen-bond acceptors (Lipinski definition) is 1. The average molecular weight is 261 g/mol. The Hall–Kier alpha value is -0.310. The molecule has 1 unspecified atom stereocenters. The Bertz CT molecular complexity index is 321. The zero-order valence-corrected chi connectivity index (χ0v) is 9.64. The summed E-state index contributed by atoms with van der Waals surface area (Å²) >= 11 is 9.20. The standard InChI is InChI=1S/C10H11BrClN/c1-7(13)2-3-8-4-5-10(12)9(11)6-8/h2-7H,13H2,1H3/b3-2+. The molecule has 0 saturated heterocycles. The summed E-state index contributed by atoms with van der Waals surface area (Å²) in [7, 11) is 0. The second-order valence-corrected chi connectivity index (χ2v) is 4.15. The highest BCUT2D eigenvalue weighted by molar-refractivity contribution is 9.10. The lowest BCUT2D eigenvalue weighted by molar-refractivity contribution is 0.931. The highest BCUT2D eigenvalue weighted by atomic mass is 79.9. The van der Waals surface area contributed by atoms with E-state index in [4.69, 9.17) is 17.3 Å². The minimum atomic E-state index is 0.0782. The molecule has 0 aromatic heterocycles. The smallest absolute Gasteiger partial charge is 0.0548 e. The van der Waals surface area contributed by atoms with E-state index in [-0.39, 0.29) is 6.04 Å². The number of rotatable bonds is 2. The van der Waals surface area contributed by atoms with E-state index in [9.17, 15) is 0 Å². The van der Waals surface area contributed by atoms with E-state index in [1.54, 1.807) is 0 Å². The molecule has 1 nitrogen and oxygen atoms in total. The lowest BCUT2D eigenvalue weighted by Crippen LogP contribution is -2.09. The maximum atomic E-state index is 5.85. The Balaban J connectivity index is 2.85. The topological polar surface area (TPSA) is 26.0 Å². The Kier molecular flexibility index (Phi) is 3.97. The summed E-state index contributed by atoms with van der Waals surface area (Å²) in [6.07, 6.45) is 3.92. The molecule has 0 fully saturated rings. The Morgan fingerprint density at radius 3 is 2.77 bits per heavy atom. The Morgan fingerprint density at radius 2 is 2.23 bits per heavy atom. The molecule has 1 aromatic rings. The van der Waals surface area contributed by atoms with Crippen LogP contribution in [0.4, 0.5) is 0 Å². The molecule has 70 valence electrons. The van der Waals surface area contributed by atoms with Crippen molar-refractivity contribution in [2.24, 2.45) is 5.73 Å². The van der Waals surface area contributed by atoms with Crippen LogP contribution in [0.15, 0.2) is 28.7 Å². The fourth-order valence-corrected chi connectivity index (χ4v) is 1.39. The molecule has 2 N–H and O–H groups in total. The summed E-state index contributed by atoms with van der Waals surface area (Å²) in [5, 5.41) is 0.720. The fourth-order valence-electron chi connectivity index (χ4n) is 0.879. The van der Waals surface area contributed by atoms with Crippen LogP contribution in [0.3, 0.4) is 0 Å². The second kappa shape index (κ2) is 4.80. The maximum Gasteiger partial charge on any atom is 0.0548 e. The molecule has 0 aliphatic carbocycles. The summed E-state index contributed by atoms with van der Waals surface area (Å²) < 4.78 is 0.904. The van der Waals surface area contributed by atoms with Crippen molar-refractivity contribution < 1.29 is 0 Å². The molecule has 0 aliphatic heterocycles. The first kappa shape index (κ1) is 10.8. The summed E-state index contributed by atoms with van der Waals surface area (Å²) in [5.41, 5.74) is 6.67. The van der Waals surface area contributed by atoms with E-state index >= 15 is 0 Å². The van der Waals surface area contributed by atoms with Gasteiger partial charge in [0.05, 0.1) is 5.02 Å². The third-order valence-corrected chi connectivity index (χ3v) is 2.75. The molecule has 0 radical (unpaired) electrons. The van der Waals surface area contributed by atoms with Crippen LogP contribution < -0.4 is 5.73 Å². The molecule has 0 saturated carbocycles. The normalized spacial score (nSPS) is 13.5. The lowest BCUT2D eigenvalue weighted by atomic mass is 10.2. The number of nitrogens with two attached hydrogens (primary N) is 1. The third kappa shape index (κ3) is 3.51. The van der Waals surface area contributed by atoms with Gasteiger partial charge < -0.3 is 5.73 Å². The molecular weight excluding hydrogens is 249 g/mol. The van der Waals surface area contributed by atoms with Gasteiger partial charge in [0.25, 0.3) is 0 Å². The van der Waals surface area contributed by atoms with Gasteiger partial charge in [0.15, 0.2) is 0 Å². The van der Waals surface area contributed by atoms with Crippen LogP contribution in [0.2, 0.25) is 5.02 Å². The van der Waals surface area contributed by atoms with Crippen molar-refractivity contribution in [3.05, 3.63) is 39.3 Å². The minimum Gasteiger partial charge on any atom is -0.325 e. The first-order valence-corrected chi connectivity index (χ1v) is 5.15. The van der Waals surface area contributed by atoms with E-state index in [0.29, 0.717) is 0 Å². The molecule has 1 atom stereocenters. The van der Waals surface area contributed by atoms with E-state index in [1.807, 2.05) is 37.3 Å². The second-order valence-electron chi connectivity index (χ2n) is 2.89. The molecule has 0 amide bonds. The maximum absolute atomic E-state index is 5.85. The molecule has 1 rings (SSSR count). The van der Waals surface area contributed by atoms with E-state index in [1.165, 1.54) is 0 Å². The van der Waals surface area contributed by atoms with Gasteiger partial charge in [-0.15, -0.1) is 0 Å². The van der Waals surface area contributed by atoms with Gasteiger partial charge in [-0.1, -0.05) is 29.8 Å². The van der Waals surface area contributed by atoms with Gasteiger partial charge in [-0.2, -0.15) is 0 Å². The summed E-state index contributed by atoms with van der Waals surface area (Å²) in [4.78, 5) is 0. The lowest BCUT2D eigenvalue weighted by Gasteiger charge is -1.99. The van der Waals surface area contributed by atoms with Gasteiger partial charge in [-0.05, 0) is 40.5 Å². The molecule has 0 bridgehead atoms. The summed E-state index contributed by atoms with van der Waals surface area (Å²) in [6.45, 7) is 1.93. The molecule has 0 heterocycles. The van der Waals surface area contributed by atoms with Crippen molar-refractivity contribution in [1.82, 2.24) is 0 Å². The van der Waals surface area contributed by atoms with Crippen LogP contribution in [0.1, 0.15) is 12.5 Å². The predicted molar refractivity (Wildman–Crippen MR) is 61.8 cm³/mol. The summed E-state index contributed by atoms with van der Waals surface area (Å²) in [6, 6.07) is 5.84. The Labute approximate surface area is 91.7 Å². The monoisotopic (exact) mass is 259 g/mol. The van der Waals surface area contributed by atoms with E-state index in [2.05, 4.69) is 15.9 Å². The van der Waals surface area contributed by atoms with Gasteiger partial charge in [0.2, 0.25) is 0 Å². The van der Waals surface area contributed by atoms with Gasteiger partial charge >= 0.3 is 0 Å².